The van der Waals surface area contributed by atoms with Crippen molar-refractivity contribution in [3.63, 3.8) is 0 Å². The fraction of sp³-hybridized carbons (Fsp3) is 0.0400. The van der Waals surface area contributed by atoms with Gasteiger partial charge < -0.3 is 9.88 Å². The zero-order valence-corrected chi connectivity index (χ0v) is 17.9. The Balaban J connectivity index is 1.69. The van der Waals surface area contributed by atoms with Gasteiger partial charge in [0.05, 0.1) is 10.7 Å². The third-order valence-electron chi connectivity index (χ3n) is 4.86. The maximum Gasteiger partial charge on any atom is 0.266 e. The average Bonchev–Trinajstić information content (AvgIpc) is 3.12. The molecule has 1 N–H and O–H groups in total. The normalized spacial score (nSPS) is 11.3. The van der Waals surface area contributed by atoms with Crippen molar-refractivity contribution in [1.82, 2.24) is 4.57 Å². The molecule has 0 atom stereocenters. The number of hydrogen-bond donors (Lipinski definition) is 1. The van der Waals surface area contributed by atoms with E-state index in [9.17, 15) is 10.1 Å². The van der Waals surface area contributed by atoms with Crippen molar-refractivity contribution in [1.29, 1.82) is 5.26 Å². The monoisotopic (exact) mass is 445 g/mol. The van der Waals surface area contributed by atoms with Crippen LogP contribution < -0.4 is 5.32 Å². The molecule has 1 heterocycles. The Bertz CT molecular complexity index is 1330. The van der Waals surface area contributed by atoms with E-state index in [4.69, 9.17) is 23.2 Å². The zero-order valence-electron chi connectivity index (χ0n) is 16.3. The quantitative estimate of drug-likeness (QED) is 0.280. The molecule has 31 heavy (non-hydrogen) atoms. The smallest absolute Gasteiger partial charge is 0.266 e. The molecule has 0 unspecified atom stereocenters. The summed E-state index contributed by atoms with van der Waals surface area (Å²) in [6.07, 6.45) is 3.55. The standard InChI is InChI=1S/C25H17Cl2N3O/c26-20-10-11-22(27)23(13-20)29-25(31)18(14-28)12-19-16-30(15-17-6-2-1-3-7-17)24-9-5-4-8-21(19)24/h1-13,16H,15H2,(H,29,31)/b18-12+. The van der Waals surface area contributed by atoms with Gasteiger partial charge in [-0.15, -0.1) is 0 Å². The highest BCUT2D eigenvalue weighted by molar-refractivity contribution is 6.36. The van der Waals surface area contributed by atoms with E-state index in [2.05, 4.69) is 22.0 Å². The van der Waals surface area contributed by atoms with E-state index < -0.39 is 5.91 Å². The Morgan fingerprint density at radius 3 is 2.55 bits per heavy atom. The van der Waals surface area contributed by atoms with Gasteiger partial charge in [0.25, 0.3) is 5.91 Å². The van der Waals surface area contributed by atoms with Crippen LogP contribution in [0.25, 0.3) is 17.0 Å². The van der Waals surface area contributed by atoms with Crippen molar-refractivity contribution >= 4 is 51.8 Å². The third kappa shape index (κ3) is 4.64. The summed E-state index contributed by atoms with van der Waals surface area (Å²) in [7, 11) is 0. The van der Waals surface area contributed by atoms with Gasteiger partial charge in [-0.3, -0.25) is 4.79 Å². The van der Waals surface area contributed by atoms with Gasteiger partial charge in [0, 0.05) is 34.2 Å². The number of rotatable bonds is 5. The summed E-state index contributed by atoms with van der Waals surface area (Å²) in [5.41, 5.74) is 3.29. The Labute approximate surface area is 189 Å². The minimum atomic E-state index is -0.549. The SMILES string of the molecule is N#C/C(=C\c1cn(Cc2ccccc2)c2ccccc12)C(=O)Nc1cc(Cl)ccc1Cl. The van der Waals surface area contributed by atoms with Gasteiger partial charge in [0.15, 0.2) is 0 Å². The van der Waals surface area contributed by atoms with Crippen LogP contribution in [0.5, 0.6) is 0 Å². The summed E-state index contributed by atoms with van der Waals surface area (Å²) >= 11 is 12.1. The van der Waals surface area contributed by atoms with E-state index in [1.807, 2.05) is 54.7 Å². The number of carbonyl (C=O) groups excluding carboxylic acids is 1. The highest BCUT2D eigenvalue weighted by Gasteiger charge is 2.14. The maximum absolute atomic E-state index is 12.7. The lowest BCUT2D eigenvalue weighted by Crippen LogP contribution is -2.13. The summed E-state index contributed by atoms with van der Waals surface area (Å²) in [4.78, 5) is 12.7. The molecule has 4 aromatic rings. The van der Waals surface area contributed by atoms with E-state index in [1.54, 1.807) is 24.3 Å². The number of aromatic nitrogens is 1. The van der Waals surface area contributed by atoms with Gasteiger partial charge in [0.2, 0.25) is 0 Å². The van der Waals surface area contributed by atoms with Crippen LogP contribution in [0, 0.1) is 11.3 Å². The molecule has 0 saturated carbocycles. The van der Waals surface area contributed by atoms with Gasteiger partial charge in [-0.25, -0.2) is 0 Å². The lowest BCUT2D eigenvalue weighted by molar-refractivity contribution is -0.112. The molecule has 0 aliphatic carbocycles. The van der Waals surface area contributed by atoms with Gasteiger partial charge >= 0.3 is 0 Å². The van der Waals surface area contributed by atoms with Crippen LogP contribution in [-0.2, 0) is 11.3 Å². The first-order chi connectivity index (χ1) is 15.0. The predicted molar refractivity (Wildman–Crippen MR) is 126 cm³/mol. The van der Waals surface area contributed by atoms with E-state index >= 15 is 0 Å². The molecule has 0 saturated heterocycles. The van der Waals surface area contributed by atoms with Crippen LogP contribution in [0.15, 0.2) is 84.6 Å². The van der Waals surface area contributed by atoms with Crippen molar-refractivity contribution in [2.75, 3.05) is 5.32 Å². The molecule has 152 valence electrons. The number of benzene rings is 3. The van der Waals surface area contributed by atoms with Crippen molar-refractivity contribution in [3.8, 4) is 6.07 Å². The Morgan fingerprint density at radius 2 is 1.77 bits per heavy atom. The number of nitriles is 1. The van der Waals surface area contributed by atoms with Crippen LogP contribution >= 0.6 is 23.2 Å². The van der Waals surface area contributed by atoms with Crippen molar-refractivity contribution < 1.29 is 4.79 Å². The molecule has 6 heteroatoms. The molecule has 1 aromatic heterocycles. The number of carbonyl (C=O) groups is 1. The molecule has 0 radical (unpaired) electrons. The fourth-order valence-corrected chi connectivity index (χ4v) is 3.73. The number of fused-ring (bicyclic) bond motifs is 1. The first-order valence-electron chi connectivity index (χ1n) is 9.55. The Kier molecular flexibility index (Phi) is 6.08. The van der Waals surface area contributed by atoms with Crippen LogP contribution in [0.3, 0.4) is 0 Å². The number of nitrogens with zero attached hydrogens (tertiary/aromatic N) is 2. The molecule has 0 bridgehead atoms. The second kappa shape index (κ2) is 9.09. The molecule has 3 aromatic carbocycles. The second-order valence-corrected chi connectivity index (χ2v) is 7.81. The lowest BCUT2D eigenvalue weighted by Gasteiger charge is -2.07. The van der Waals surface area contributed by atoms with Crippen molar-refractivity contribution in [2.24, 2.45) is 0 Å². The maximum atomic E-state index is 12.7. The molecule has 4 rings (SSSR count). The number of anilines is 1. The largest absolute Gasteiger partial charge is 0.342 e. The van der Waals surface area contributed by atoms with Gasteiger partial charge in [0.1, 0.15) is 11.6 Å². The number of para-hydroxylation sites is 1. The van der Waals surface area contributed by atoms with E-state index in [-0.39, 0.29) is 5.57 Å². The first kappa shape index (κ1) is 20.7. The Morgan fingerprint density at radius 1 is 1.03 bits per heavy atom. The molecular weight excluding hydrogens is 429 g/mol. The predicted octanol–water partition coefficient (Wildman–Crippen LogP) is 6.54. The minimum absolute atomic E-state index is 0.0290. The van der Waals surface area contributed by atoms with Gasteiger partial charge in [-0.2, -0.15) is 5.26 Å². The third-order valence-corrected chi connectivity index (χ3v) is 5.42. The van der Waals surface area contributed by atoms with Crippen LogP contribution in [0.4, 0.5) is 5.69 Å². The van der Waals surface area contributed by atoms with Crippen molar-refractivity contribution in [3.05, 3.63) is 106 Å². The number of hydrogen-bond acceptors (Lipinski definition) is 2. The number of halogens is 2. The van der Waals surface area contributed by atoms with Gasteiger partial charge in [-0.1, -0.05) is 71.7 Å². The van der Waals surface area contributed by atoms with Crippen LogP contribution in [-0.4, -0.2) is 10.5 Å². The van der Waals surface area contributed by atoms with Crippen LogP contribution in [0.2, 0.25) is 10.0 Å². The fourth-order valence-electron chi connectivity index (χ4n) is 3.39. The highest BCUT2D eigenvalue weighted by Crippen LogP contribution is 2.27. The second-order valence-electron chi connectivity index (χ2n) is 6.96. The molecule has 0 aliphatic rings. The minimum Gasteiger partial charge on any atom is -0.342 e. The molecule has 1 amide bonds. The average molecular weight is 446 g/mol. The lowest BCUT2D eigenvalue weighted by atomic mass is 10.1. The summed E-state index contributed by atoms with van der Waals surface area (Å²) < 4.78 is 2.11. The van der Waals surface area contributed by atoms with Crippen molar-refractivity contribution in [2.45, 2.75) is 6.54 Å². The zero-order chi connectivity index (χ0) is 21.8. The highest BCUT2D eigenvalue weighted by atomic mass is 35.5. The summed E-state index contributed by atoms with van der Waals surface area (Å²) in [6.45, 7) is 0.682. The topological polar surface area (TPSA) is 57.8 Å². The first-order valence-corrected chi connectivity index (χ1v) is 10.3. The molecule has 0 spiro atoms. The van der Waals surface area contributed by atoms with E-state index in [0.29, 0.717) is 22.3 Å². The summed E-state index contributed by atoms with van der Waals surface area (Å²) in [5.74, 6) is -0.549. The summed E-state index contributed by atoms with van der Waals surface area (Å²) in [5, 5.41) is 14.0. The summed E-state index contributed by atoms with van der Waals surface area (Å²) in [6, 6.07) is 24.8. The van der Waals surface area contributed by atoms with E-state index in [1.165, 1.54) is 0 Å². The number of nitrogens with one attached hydrogen (secondary N) is 1. The van der Waals surface area contributed by atoms with Gasteiger partial charge in [-0.05, 0) is 35.9 Å². The number of amides is 1. The molecular formula is C25H17Cl2N3O. The molecule has 0 fully saturated rings. The molecule has 4 nitrogen and oxygen atoms in total. The van der Waals surface area contributed by atoms with Crippen LogP contribution in [0.1, 0.15) is 11.1 Å². The Hall–Kier alpha value is -3.52. The van der Waals surface area contributed by atoms with E-state index in [0.717, 1.165) is 22.0 Å². The molecule has 0 aliphatic heterocycles.